The fourth-order valence-electron chi connectivity index (χ4n) is 3.48. The summed E-state index contributed by atoms with van der Waals surface area (Å²) < 4.78 is 11.0. The first kappa shape index (κ1) is 20.0. The van der Waals surface area contributed by atoms with E-state index in [0.717, 1.165) is 34.6 Å². The Morgan fingerprint density at radius 1 is 1.10 bits per heavy atom. The first-order chi connectivity index (χ1) is 14.5. The monoisotopic (exact) mass is 426 g/mol. The molecule has 0 radical (unpaired) electrons. The van der Waals surface area contributed by atoms with E-state index in [0.29, 0.717) is 30.2 Å². The van der Waals surface area contributed by atoms with Gasteiger partial charge in [0.15, 0.2) is 0 Å². The molecule has 1 saturated heterocycles. The molecule has 4 rings (SSSR count). The van der Waals surface area contributed by atoms with Crippen LogP contribution >= 0.6 is 11.3 Å². The third-order valence-electron chi connectivity index (χ3n) is 5.03. The van der Waals surface area contributed by atoms with Gasteiger partial charge < -0.3 is 19.5 Å². The quantitative estimate of drug-likeness (QED) is 0.598. The number of aromatic amines is 1. The van der Waals surface area contributed by atoms with E-state index in [9.17, 15) is 14.7 Å². The molecule has 30 heavy (non-hydrogen) atoms. The zero-order valence-corrected chi connectivity index (χ0v) is 17.3. The van der Waals surface area contributed by atoms with Crippen LogP contribution in [0, 0.1) is 0 Å². The maximum absolute atomic E-state index is 11.7. The second-order valence-electron chi connectivity index (χ2n) is 7.07. The van der Waals surface area contributed by atoms with Crippen LogP contribution < -0.4 is 9.61 Å². The maximum atomic E-state index is 11.7. The number of aromatic nitrogens is 1. The van der Waals surface area contributed by atoms with E-state index in [1.807, 2.05) is 55.5 Å². The second kappa shape index (κ2) is 8.62. The number of aromatic hydroxyl groups is 1. The summed E-state index contributed by atoms with van der Waals surface area (Å²) in [5.41, 5.74) is 2.09. The van der Waals surface area contributed by atoms with Gasteiger partial charge in [0.25, 0.3) is 0 Å². The number of carbonyl (C=O) groups excluding carboxylic acids is 1. The number of ether oxygens (including phenoxy) is 2. The van der Waals surface area contributed by atoms with Gasteiger partial charge in [0, 0.05) is 13.0 Å². The predicted octanol–water partition coefficient (Wildman–Crippen LogP) is 3.91. The van der Waals surface area contributed by atoms with E-state index >= 15 is 0 Å². The van der Waals surface area contributed by atoms with Crippen molar-refractivity contribution in [3.05, 3.63) is 74.2 Å². The normalized spacial score (nSPS) is 16.0. The minimum atomic E-state index is -0.264. The lowest BCUT2D eigenvalue weighted by molar-refractivity contribution is 0.159. The first-order valence-electron chi connectivity index (χ1n) is 9.72. The highest BCUT2D eigenvalue weighted by atomic mass is 32.1. The molecule has 2 heterocycles. The highest BCUT2D eigenvalue weighted by Gasteiger charge is 2.31. The molecule has 1 atom stereocenters. The molecule has 1 aliphatic heterocycles. The summed E-state index contributed by atoms with van der Waals surface area (Å²) in [6.45, 7) is 3.02. The fraction of sp³-hybridized carbons (Fsp3) is 0.273. The van der Waals surface area contributed by atoms with E-state index < -0.39 is 0 Å². The standard InChI is InChI=1S/C22H22N2O5S/c1-2-24-16(13-28-22(24)27)11-14-3-7-17(8-4-14)29-18-9-5-15(6-10-18)12-19-20(25)23-21(26)30-19/h3-10,16,25H,2,11-13H2,1H3,(H,23,26). The molecule has 1 unspecified atom stereocenters. The van der Waals surface area contributed by atoms with E-state index in [2.05, 4.69) is 4.98 Å². The smallest absolute Gasteiger partial charge is 0.410 e. The van der Waals surface area contributed by atoms with Gasteiger partial charge >= 0.3 is 11.0 Å². The number of benzene rings is 2. The zero-order chi connectivity index (χ0) is 21.1. The molecule has 1 aromatic heterocycles. The number of amides is 1. The van der Waals surface area contributed by atoms with Crippen molar-refractivity contribution in [2.45, 2.75) is 25.8 Å². The van der Waals surface area contributed by atoms with Crippen LogP contribution in [-0.2, 0) is 17.6 Å². The van der Waals surface area contributed by atoms with Crippen LogP contribution in [0.3, 0.4) is 0 Å². The molecule has 8 heteroatoms. The number of hydrogen-bond donors (Lipinski definition) is 2. The molecule has 1 aliphatic rings. The Balaban J connectivity index is 1.36. The lowest BCUT2D eigenvalue weighted by atomic mass is 10.1. The minimum absolute atomic E-state index is 0.0685. The summed E-state index contributed by atoms with van der Waals surface area (Å²) in [5, 5.41) is 9.70. The summed E-state index contributed by atoms with van der Waals surface area (Å²) in [4.78, 5) is 27.4. The van der Waals surface area contributed by atoms with Crippen molar-refractivity contribution in [2.24, 2.45) is 0 Å². The van der Waals surface area contributed by atoms with E-state index in [1.54, 1.807) is 4.90 Å². The summed E-state index contributed by atoms with van der Waals surface area (Å²) in [5.74, 6) is 1.35. The summed E-state index contributed by atoms with van der Waals surface area (Å²) >= 11 is 1.01. The molecule has 3 aromatic rings. The Morgan fingerprint density at radius 2 is 1.73 bits per heavy atom. The van der Waals surface area contributed by atoms with Gasteiger partial charge in [-0.25, -0.2) is 4.79 Å². The largest absolute Gasteiger partial charge is 0.494 e. The average molecular weight is 426 g/mol. The van der Waals surface area contributed by atoms with Crippen molar-refractivity contribution >= 4 is 17.4 Å². The topological polar surface area (TPSA) is 91.9 Å². The van der Waals surface area contributed by atoms with Gasteiger partial charge in [-0.1, -0.05) is 35.6 Å². The maximum Gasteiger partial charge on any atom is 0.410 e. The molecular formula is C22H22N2O5S. The molecule has 0 saturated carbocycles. The van der Waals surface area contributed by atoms with E-state index in [-0.39, 0.29) is 22.9 Å². The lowest BCUT2D eigenvalue weighted by Gasteiger charge is -2.19. The van der Waals surface area contributed by atoms with Crippen molar-refractivity contribution < 1.29 is 19.4 Å². The third-order valence-corrected chi connectivity index (χ3v) is 5.91. The summed E-state index contributed by atoms with van der Waals surface area (Å²) in [6, 6.07) is 15.4. The summed E-state index contributed by atoms with van der Waals surface area (Å²) in [6.07, 6.45) is 0.978. The number of nitrogens with zero attached hydrogens (tertiary/aromatic N) is 1. The highest BCUT2D eigenvalue weighted by molar-refractivity contribution is 7.09. The lowest BCUT2D eigenvalue weighted by Crippen LogP contribution is -2.34. The third kappa shape index (κ3) is 4.49. The number of thiazole rings is 1. The number of H-pyrrole nitrogens is 1. The number of hydrogen-bond acceptors (Lipinski definition) is 6. The van der Waals surface area contributed by atoms with Gasteiger partial charge in [-0.05, 0) is 48.7 Å². The van der Waals surface area contributed by atoms with Crippen LogP contribution in [0.25, 0.3) is 0 Å². The van der Waals surface area contributed by atoms with Crippen molar-refractivity contribution in [1.29, 1.82) is 0 Å². The van der Waals surface area contributed by atoms with Gasteiger partial charge in [0.05, 0.1) is 10.9 Å². The number of likely N-dealkylation sites (N-methyl/N-ethyl adjacent to an activating group) is 1. The molecule has 156 valence electrons. The first-order valence-corrected chi connectivity index (χ1v) is 10.5. The number of nitrogens with one attached hydrogen (secondary N) is 1. The van der Waals surface area contributed by atoms with Crippen LogP contribution in [0.4, 0.5) is 4.79 Å². The van der Waals surface area contributed by atoms with Crippen molar-refractivity contribution in [1.82, 2.24) is 9.88 Å². The Kier molecular flexibility index (Phi) is 5.76. The van der Waals surface area contributed by atoms with E-state index in [4.69, 9.17) is 9.47 Å². The van der Waals surface area contributed by atoms with Gasteiger partial charge in [0.1, 0.15) is 18.1 Å². The Labute approximate surface area is 177 Å². The molecule has 1 amide bonds. The number of carbonyl (C=O) groups is 1. The molecule has 2 N–H and O–H groups in total. The molecular weight excluding hydrogens is 404 g/mol. The Hall–Kier alpha value is -3.26. The predicted molar refractivity (Wildman–Crippen MR) is 114 cm³/mol. The van der Waals surface area contributed by atoms with Crippen LogP contribution in [-0.4, -0.2) is 40.3 Å². The Morgan fingerprint density at radius 3 is 2.30 bits per heavy atom. The van der Waals surface area contributed by atoms with Gasteiger partial charge in [-0.15, -0.1) is 0 Å². The molecule has 7 nitrogen and oxygen atoms in total. The summed E-state index contributed by atoms with van der Waals surface area (Å²) in [7, 11) is 0. The van der Waals surface area contributed by atoms with Crippen molar-refractivity contribution in [2.75, 3.05) is 13.2 Å². The van der Waals surface area contributed by atoms with Gasteiger partial charge in [-0.3, -0.25) is 9.78 Å². The fourth-order valence-corrected chi connectivity index (χ4v) is 4.24. The van der Waals surface area contributed by atoms with Crippen LogP contribution in [0.1, 0.15) is 22.9 Å². The molecule has 0 spiro atoms. The molecule has 0 aliphatic carbocycles. The van der Waals surface area contributed by atoms with Crippen molar-refractivity contribution in [3.8, 4) is 17.4 Å². The second-order valence-corrected chi connectivity index (χ2v) is 8.14. The number of cyclic esters (lactones) is 1. The van der Waals surface area contributed by atoms with Crippen LogP contribution in [0.2, 0.25) is 0 Å². The highest BCUT2D eigenvalue weighted by Crippen LogP contribution is 2.25. The molecule has 0 bridgehead atoms. The van der Waals surface area contributed by atoms with Gasteiger partial charge in [-0.2, -0.15) is 0 Å². The van der Waals surface area contributed by atoms with Gasteiger partial charge in [0.2, 0.25) is 5.88 Å². The Bertz CT molecular complexity index is 1070. The molecule has 2 aromatic carbocycles. The zero-order valence-electron chi connectivity index (χ0n) is 16.5. The minimum Gasteiger partial charge on any atom is -0.494 e. The van der Waals surface area contributed by atoms with Crippen molar-refractivity contribution in [3.63, 3.8) is 0 Å². The SMILES string of the molecule is CCN1C(=O)OCC1Cc1ccc(Oc2ccc(Cc3sc(=O)[nH]c3O)cc2)cc1. The van der Waals surface area contributed by atoms with Crippen LogP contribution in [0.5, 0.6) is 17.4 Å². The van der Waals surface area contributed by atoms with E-state index in [1.165, 1.54) is 0 Å². The average Bonchev–Trinajstić information content (AvgIpc) is 3.25. The number of rotatable bonds is 7. The van der Waals surface area contributed by atoms with Crippen LogP contribution in [0.15, 0.2) is 53.3 Å². The molecule has 1 fully saturated rings.